The fraction of sp³-hybridized carbons (Fsp3) is 0.333. The number of pyridine rings is 1. The average Bonchev–Trinajstić information content (AvgIpc) is 2.78. The predicted octanol–water partition coefficient (Wildman–Crippen LogP) is 1.80. The van der Waals surface area contributed by atoms with Crippen molar-refractivity contribution in [1.29, 1.82) is 0 Å². The maximum absolute atomic E-state index is 11.4. The minimum Gasteiger partial charge on any atom is -0.354 e. The summed E-state index contributed by atoms with van der Waals surface area (Å²) < 4.78 is 0. The Morgan fingerprint density at radius 1 is 1.23 bits per heavy atom. The van der Waals surface area contributed by atoms with Crippen LogP contribution in [-0.2, 0) is 9.59 Å². The van der Waals surface area contributed by atoms with Crippen LogP contribution in [-0.4, -0.2) is 75.2 Å². The van der Waals surface area contributed by atoms with Crippen LogP contribution in [0.5, 0.6) is 0 Å². The summed E-state index contributed by atoms with van der Waals surface area (Å²) >= 11 is 5.79. The largest absolute Gasteiger partial charge is 0.354 e. The van der Waals surface area contributed by atoms with Crippen LogP contribution >= 0.6 is 11.6 Å². The molecule has 1 unspecified atom stereocenters. The number of rotatable bonds is 3. The summed E-state index contributed by atoms with van der Waals surface area (Å²) in [7, 11) is 1.54. The third kappa shape index (κ3) is 6.58. The van der Waals surface area contributed by atoms with Crippen molar-refractivity contribution in [2.75, 3.05) is 26.7 Å². The van der Waals surface area contributed by atoms with Crippen LogP contribution in [0.2, 0.25) is 5.15 Å². The Hall–Kier alpha value is -3.33. The fourth-order valence-electron chi connectivity index (χ4n) is 2.99. The van der Waals surface area contributed by atoms with E-state index in [-0.39, 0.29) is 23.8 Å². The molecule has 1 N–H and O–H groups in total. The maximum atomic E-state index is 11.4. The Kier molecular flexibility index (Phi) is 8.63. The van der Waals surface area contributed by atoms with Crippen LogP contribution in [0.1, 0.15) is 24.3 Å². The van der Waals surface area contributed by atoms with Crippen molar-refractivity contribution in [2.45, 2.75) is 19.9 Å². The number of amides is 3. The van der Waals surface area contributed by atoms with Gasteiger partial charge in [0.25, 0.3) is 5.91 Å². The highest BCUT2D eigenvalue weighted by molar-refractivity contribution is 6.29. The third-order valence-electron chi connectivity index (χ3n) is 4.63. The van der Waals surface area contributed by atoms with E-state index in [2.05, 4.69) is 26.8 Å². The monoisotopic (exact) mass is 444 g/mol. The molecular formula is C21H25ClN6O3. The number of piperazine rings is 1. The number of nitrogens with one attached hydrogen (secondary N) is 1. The first-order chi connectivity index (χ1) is 14.8. The second-order valence-corrected chi connectivity index (χ2v) is 7.15. The number of halogens is 1. The van der Waals surface area contributed by atoms with Gasteiger partial charge in [-0.2, -0.15) is 0 Å². The summed E-state index contributed by atoms with van der Waals surface area (Å²) in [5, 5.41) is 2.87. The Labute approximate surface area is 186 Å². The smallest absolute Gasteiger partial charge is 0.269 e. The standard InChI is InChI=1S/C11H9ClN4O.C10H16N2O2/c1-13-11(17)9-5-8(14-6-15-9)7-3-2-4-10(12)16-7;1-4-10(14)12-6-5-11(9(3)13)7-8(12)2/h2-6H,1H3,(H,13,17);4,8H,1,5-7H2,2-3H3. The lowest BCUT2D eigenvalue weighted by Gasteiger charge is -2.39. The van der Waals surface area contributed by atoms with Crippen LogP contribution in [0, 0.1) is 0 Å². The van der Waals surface area contributed by atoms with Crippen molar-refractivity contribution < 1.29 is 14.4 Å². The van der Waals surface area contributed by atoms with Crippen molar-refractivity contribution in [3.8, 4) is 11.4 Å². The molecule has 164 valence electrons. The number of hydrogen-bond acceptors (Lipinski definition) is 6. The van der Waals surface area contributed by atoms with E-state index in [1.165, 1.54) is 12.4 Å². The number of hydrogen-bond donors (Lipinski definition) is 1. The summed E-state index contributed by atoms with van der Waals surface area (Å²) in [6, 6.07) is 6.86. The molecule has 0 aromatic carbocycles. The zero-order valence-electron chi connectivity index (χ0n) is 17.7. The molecule has 3 rings (SSSR count). The Morgan fingerprint density at radius 3 is 2.55 bits per heavy atom. The Bertz CT molecular complexity index is 968. The molecule has 1 fully saturated rings. The van der Waals surface area contributed by atoms with Crippen molar-refractivity contribution in [3.05, 3.63) is 54.1 Å². The molecule has 1 aliphatic rings. The van der Waals surface area contributed by atoms with Gasteiger partial charge in [-0.25, -0.2) is 15.0 Å². The molecule has 3 amide bonds. The fourth-order valence-corrected chi connectivity index (χ4v) is 3.15. The van der Waals surface area contributed by atoms with Gasteiger partial charge in [0.1, 0.15) is 17.2 Å². The first-order valence-electron chi connectivity index (χ1n) is 9.62. The lowest BCUT2D eigenvalue weighted by molar-refractivity contribution is -0.138. The molecule has 1 atom stereocenters. The van der Waals surface area contributed by atoms with E-state index in [4.69, 9.17) is 11.6 Å². The van der Waals surface area contributed by atoms with E-state index in [0.29, 0.717) is 41.9 Å². The van der Waals surface area contributed by atoms with E-state index in [0.717, 1.165) is 0 Å². The maximum Gasteiger partial charge on any atom is 0.269 e. The molecule has 10 heteroatoms. The van der Waals surface area contributed by atoms with E-state index in [1.807, 2.05) is 6.92 Å². The summed E-state index contributed by atoms with van der Waals surface area (Å²) in [6.45, 7) is 8.79. The molecule has 2 aromatic heterocycles. The van der Waals surface area contributed by atoms with Gasteiger partial charge in [0.05, 0.1) is 11.4 Å². The van der Waals surface area contributed by atoms with Crippen LogP contribution in [0.4, 0.5) is 0 Å². The third-order valence-corrected chi connectivity index (χ3v) is 4.85. The van der Waals surface area contributed by atoms with Crippen LogP contribution in [0.3, 0.4) is 0 Å². The first kappa shape index (κ1) is 23.9. The van der Waals surface area contributed by atoms with E-state index in [9.17, 15) is 14.4 Å². The number of carbonyl (C=O) groups excluding carboxylic acids is 3. The van der Waals surface area contributed by atoms with Gasteiger partial charge in [0.2, 0.25) is 11.8 Å². The molecule has 0 saturated carbocycles. The van der Waals surface area contributed by atoms with Gasteiger partial charge >= 0.3 is 0 Å². The predicted molar refractivity (Wildman–Crippen MR) is 117 cm³/mol. The highest BCUT2D eigenvalue weighted by Gasteiger charge is 2.26. The summed E-state index contributed by atoms with van der Waals surface area (Å²) in [5.41, 5.74) is 1.45. The molecule has 9 nitrogen and oxygen atoms in total. The SMILES string of the molecule is C=CC(=O)N1CCN(C(C)=O)CC1C.CNC(=O)c1cc(-c2cccc(Cl)n2)ncn1. The topological polar surface area (TPSA) is 108 Å². The van der Waals surface area contributed by atoms with Gasteiger partial charge in [-0.1, -0.05) is 24.2 Å². The lowest BCUT2D eigenvalue weighted by Crippen LogP contribution is -2.54. The van der Waals surface area contributed by atoms with E-state index < -0.39 is 0 Å². The van der Waals surface area contributed by atoms with E-state index in [1.54, 1.807) is 48.0 Å². The molecule has 2 aromatic rings. The lowest BCUT2D eigenvalue weighted by atomic mass is 10.2. The van der Waals surface area contributed by atoms with Crippen LogP contribution in [0.25, 0.3) is 11.4 Å². The Morgan fingerprint density at radius 2 is 1.97 bits per heavy atom. The molecule has 0 bridgehead atoms. The first-order valence-corrected chi connectivity index (χ1v) is 10.00. The Balaban J connectivity index is 0.000000225. The second kappa shape index (κ2) is 11.2. The normalized spacial score (nSPS) is 15.4. The number of nitrogens with zero attached hydrogens (tertiary/aromatic N) is 5. The molecule has 0 aliphatic carbocycles. The van der Waals surface area contributed by atoms with Gasteiger partial charge in [0, 0.05) is 39.6 Å². The van der Waals surface area contributed by atoms with Gasteiger partial charge in [-0.3, -0.25) is 14.4 Å². The molecule has 1 aliphatic heterocycles. The van der Waals surface area contributed by atoms with Crippen LogP contribution < -0.4 is 5.32 Å². The highest BCUT2D eigenvalue weighted by atomic mass is 35.5. The molecule has 0 radical (unpaired) electrons. The van der Waals surface area contributed by atoms with Gasteiger partial charge in [-0.15, -0.1) is 0 Å². The zero-order chi connectivity index (χ0) is 23.0. The molecule has 31 heavy (non-hydrogen) atoms. The summed E-state index contributed by atoms with van der Waals surface area (Å²) in [5.74, 6) is -0.251. The molecule has 1 saturated heterocycles. The minimum absolute atomic E-state index is 0.0549. The highest BCUT2D eigenvalue weighted by Crippen LogP contribution is 2.16. The van der Waals surface area contributed by atoms with Gasteiger partial charge in [0.15, 0.2) is 0 Å². The van der Waals surface area contributed by atoms with Crippen molar-refractivity contribution >= 4 is 29.3 Å². The zero-order valence-corrected chi connectivity index (χ0v) is 18.5. The van der Waals surface area contributed by atoms with Crippen molar-refractivity contribution in [3.63, 3.8) is 0 Å². The van der Waals surface area contributed by atoms with Gasteiger partial charge in [-0.05, 0) is 31.2 Å². The summed E-state index contributed by atoms with van der Waals surface area (Å²) in [6.07, 6.45) is 2.64. The number of aromatic nitrogens is 3. The van der Waals surface area contributed by atoms with Crippen molar-refractivity contribution in [1.82, 2.24) is 30.1 Å². The molecule has 0 spiro atoms. The second-order valence-electron chi connectivity index (χ2n) is 6.76. The van der Waals surface area contributed by atoms with Gasteiger partial charge < -0.3 is 15.1 Å². The summed E-state index contributed by atoms with van der Waals surface area (Å²) in [4.78, 5) is 49.4. The van der Waals surface area contributed by atoms with Crippen molar-refractivity contribution in [2.24, 2.45) is 0 Å². The quantitative estimate of drug-likeness (QED) is 0.571. The minimum atomic E-state index is -0.268. The molecular weight excluding hydrogens is 420 g/mol. The average molecular weight is 445 g/mol. The number of carbonyl (C=O) groups is 3. The molecule has 3 heterocycles. The van der Waals surface area contributed by atoms with Crippen LogP contribution in [0.15, 0.2) is 43.2 Å². The van der Waals surface area contributed by atoms with E-state index >= 15 is 0 Å².